The van der Waals surface area contributed by atoms with Gasteiger partial charge in [-0.1, -0.05) is 6.07 Å². The van der Waals surface area contributed by atoms with Crippen molar-refractivity contribution in [3.63, 3.8) is 0 Å². The molecule has 0 N–H and O–H groups in total. The third-order valence-corrected chi connectivity index (χ3v) is 3.63. The number of thioether (sulfide) groups is 1. The Morgan fingerprint density at radius 3 is 3.07 bits per heavy atom. The molecule has 72 valence electrons. The fourth-order valence-electron chi connectivity index (χ4n) is 1.60. The zero-order valence-electron chi connectivity index (χ0n) is 8.32. The number of aryl methyl sites for hydroxylation is 1. The van der Waals surface area contributed by atoms with Crippen LogP contribution in [0.15, 0.2) is 23.1 Å². The minimum atomic E-state index is 0.00945. The third kappa shape index (κ3) is 1.46. The summed E-state index contributed by atoms with van der Waals surface area (Å²) in [5.41, 5.74) is 2.46. The van der Waals surface area contributed by atoms with E-state index in [-0.39, 0.29) is 6.04 Å². The maximum Gasteiger partial charge on any atom is 0.126 e. The molecule has 0 bridgehead atoms. The van der Waals surface area contributed by atoms with Crippen molar-refractivity contribution in [1.82, 2.24) is 0 Å². The largest absolute Gasteiger partial charge is 0.357 e. The van der Waals surface area contributed by atoms with Gasteiger partial charge in [0.25, 0.3) is 0 Å². The predicted molar refractivity (Wildman–Crippen MR) is 59.7 cm³/mol. The normalized spacial score (nSPS) is 20.1. The van der Waals surface area contributed by atoms with E-state index in [9.17, 15) is 0 Å². The van der Waals surface area contributed by atoms with Gasteiger partial charge in [-0.15, -0.1) is 11.8 Å². The van der Waals surface area contributed by atoms with Crippen molar-refractivity contribution in [2.75, 3.05) is 17.7 Å². The van der Waals surface area contributed by atoms with Gasteiger partial charge in [0.15, 0.2) is 0 Å². The quantitative estimate of drug-likeness (QED) is 0.649. The molecule has 0 saturated carbocycles. The van der Waals surface area contributed by atoms with Gasteiger partial charge >= 0.3 is 0 Å². The zero-order chi connectivity index (χ0) is 10.1. The molecule has 1 unspecified atom stereocenters. The molecule has 1 aliphatic rings. The minimum Gasteiger partial charge on any atom is -0.357 e. The first-order chi connectivity index (χ1) is 6.72. The first kappa shape index (κ1) is 9.42. The number of rotatable bonds is 0. The van der Waals surface area contributed by atoms with Gasteiger partial charge in [0.05, 0.1) is 11.8 Å². The SMILES string of the molecule is Cc1ccc2c(c1)SCC(C#N)N2C. The lowest BCUT2D eigenvalue weighted by atomic mass is 10.2. The van der Waals surface area contributed by atoms with Crippen LogP contribution in [0.5, 0.6) is 0 Å². The first-order valence-electron chi connectivity index (χ1n) is 4.58. The van der Waals surface area contributed by atoms with E-state index in [0.29, 0.717) is 0 Å². The Kier molecular flexibility index (Phi) is 2.39. The fourth-order valence-corrected chi connectivity index (χ4v) is 2.87. The van der Waals surface area contributed by atoms with E-state index >= 15 is 0 Å². The Balaban J connectivity index is 2.42. The Morgan fingerprint density at radius 1 is 1.57 bits per heavy atom. The van der Waals surface area contributed by atoms with Crippen molar-refractivity contribution >= 4 is 17.4 Å². The highest BCUT2D eigenvalue weighted by atomic mass is 32.2. The van der Waals surface area contributed by atoms with Crippen molar-refractivity contribution in [3.8, 4) is 6.07 Å². The number of hydrogen-bond donors (Lipinski definition) is 0. The van der Waals surface area contributed by atoms with Crippen LogP contribution in [0.25, 0.3) is 0 Å². The Labute approximate surface area is 88.5 Å². The number of fused-ring (bicyclic) bond motifs is 1. The van der Waals surface area contributed by atoms with Crippen molar-refractivity contribution in [3.05, 3.63) is 23.8 Å². The molecule has 2 rings (SSSR count). The highest BCUT2D eigenvalue weighted by Crippen LogP contribution is 2.36. The summed E-state index contributed by atoms with van der Waals surface area (Å²) in [5.74, 6) is 0.865. The van der Waals surface area contributed by atoms with E-state index in [2.05, 4.69) is 36.1 Å². The lowest BCUT2D eigenvalue weighted by Gasteiger charge is -2.31. The maximum atomic E-state index is 8.94. The molecule has 1 aliphatic heterocycles. The number of hydrogen-bond acceptors (Lipinski definition) is 3. The van der Waals surface area contributed by atoms with Gasteiger partial charge in [-0.3, -0.25) is 0 Å². The van der Waals surface area contributed by atoms with Crippen LogP contribution < -0.4 is 4.90 Å². The summed E-state index contributed by atoms with van der Waals surface area (Å²) in [6, 6.07) is 8.70. The fraction of sp³-hybridized carbons (Fsp3) is 0.364. The van der Waals surface area contributed by atoms with Crippen LogP contribution in [0.1, 0.15) is 5.56 Å². The smallest absolute Gasteiger partial charge is 0.126 e. The van der Waals surface area contributed by atoms with Crippen LogP contribution in [-0.2, 0) is 0 Å². The monoisotopic (exact) mass is 204 g/mol. The molecule has 0 amide bonds. The van der Waals surface area contributed by atoms with Gasteiger partial charge in [-0.05, 0) is 24.6 Å². The molecule has 1 atom stereocenters. The van der Waals surface area contributed by atoms with Crippen molar-refractivity contribution in [1.29, 1.82) is 5.26 Å². The molecule has 0 aliphatic carbocycles. The summed E-state index contributed by atoms with van der Waals surface area (Å²) in [6.07, 6.45) is 0. The molecule has 1 heterocycles. The predicted octanol–water partition coefficient (Wildman–Crippen LogP) is 2.43. The van der Waals surface area contributed by atoms with Crippen LogP contribution in [0.3, 0.4) is 0 Å². The molecule has 0 spiro atoms. The molecule has 0 fully saturated rings. The van der Waals surface area contributed by atoms with E-state index in [0.717, 1.165) is 5.75 Å². The average Bonchev–Trinajstić information content (AvgIpc) is 2.18. The van der Waals surface area contributed by atoms with Gasteiger partial charge < -0.3 is 4.90 Å². The van der Waals surface area contributed by atoms with Gasteiger partial charge in [-0.2, -0.15) is 5.26 Å². The second kappa shape index (κ2) is 3.55. The van der Waals surface area contributed by atoms with Gasteiger partial charge in [0.2, 0.25) is 0 Å². The summed E-state index contributed by atoms with van der Waals surface area (Å²) in [6.45, 7) is 2.09. The van der Waals surface area contributed by atoms with Crippen molar-refractivity contribution < 1.29 is 0 Å². The minimum absolute atomic E-state index is 0.00945. The second-order valence-corrected chi connectivity index (χ2v) is 4.60. The molecule has 3 heteroatoms. The molecule has 2 nitrogen and oxygen atoms in total. The molecular formula is C11H12N2S. The molecule has 0 aromatic heterocycles. The van der Waals surface area contributed by atoms with Crippen molar-refractivity contribution in [2.45, 2.75) is 17.9 Å². The summed E-state index contributed by atoms with van der Waals surface area (Å²) < 4.78 is 0. The number of nitrogens with zero attached hydrogens (tertiary/aromatic N) is 2. The molecule has 0 radical (unpaired) electrons. The third-order valence-electron chi connectivity index (χ3n) is 2.51. The Hall–Kier alpha value is -1.14. The summed E-state index contributed by atoms with van der Waals surface area (Å²) in [5, 5.41) is 8.94. The molecule has 1 aromatic carbocycles. The standard InChI is InChI=1S/C11H12N2S/c1-8-3-4-10-11(5-8)14-7-9(6-12)13(10)2/h3-5,9H,7H2,1-2H3. The maximum absolute atomic E-state index is 8.94. The Morgan fingerprint density at radius 2 is 2.36 bits per heavy atom. The summed E-state index contributed by atoms with van der Waals surface area (Å²) >= 11 is 1.78. The van der Waals surface area contributed by atoms with Gasteiger partial charge in [0.1, 0.15) is 6.04 Å². The second-order valence-electron chi connectivity index (χ2n) is 3.54. The highest BCUT2D eigenvalue weighted by Gasteiger charge is 2.23. The highest BCUT2D eigenvalue weighted by molar-refractivity contribution is 7.99. The van der Waals surface area contributed by atoms with Gasteiger partial charge in [-0.25, -0.2) is 0 Å². The number of nitriles is 1. The van der Waals surface area contributed by atoms with E-state index in [1.807, 2.05) is 7.05 Å². The van der Waals surface area contributed by atoms with Crippen LogP contribution in [-0.4, -0.2) is 18.8 Å². The molecular weight excluding hydrogens is 192 g/mol. The van der Waals surface area contributed by atoms with E-state index < -0.39 is 0 Å². The lowest BCUT2D eigenvalue weighted by Crippen LogP contribution is -2.35. The first-order valence-corrected chi connectivity index (χ1v) is 5.57. The van der Waals surface area contributed by atoms with E-state index in [1.165, 1.54) is 16.1 Å². The number of anilines is 1. The average molecular weight is 204 g/mol. The summed E-state index contributed by atoms with van der Waals surface area (Å²) in [7, 11) is 1.99. The van der Waals surface area contributed by atoms with Crippen LogP contribution in [0.4, 0.5) is 5.69 Å². The van der Waals surface area contributed by atoms with E-state index in [1.54, 1.807) is 11.8 Å². The molecule has 14 heavy (non-hydrogen) atoms. The number of benzene rings is 1. The van der Waals surface area contributed by atoms with Crippen molar-refractivity contribution in [2.24, 2.45) is 0 Å². The van der Waals surface area contributed by atoms with Crippen LogP contribution >= 0.6 is 11.8 Å². The molecule has 1 aromatic rings. The van der Waals surface area contributed by atoms with Crippen LogP contribution in [0, 0.1) is 18.3 Å². The summed E-state index contributed by atoms with van der Waals surface area (Å²) in [4.78, 5) is 3.35. The topological polar surface area (TPSA) is 27.0 Å². The van der Waals surface area contributed by atoms with E-state index in [4.69, 9.17) is 5.26 Å². The Bertz CT molecular complexity index is 395. The zero-order valence-corrected chi connectivity index (χ0v) is 9.14. The lowest BCUT2D eigenvalue weighted by molar-refractivity contribution is 0.822. The van der Waals surface area contributed by atoms with Gasteiger partial charge in [0, 0.05) is 17.7 Å². The van der Waals surface area contributed by atoms with Crippen LogP contribution in [0.2, 0.25) is 0 Å². The molecule has 0 saturated heterocycles.